The summed E-state index contributed by atoms with van der Waals surface area (Å²) in [6, 6.07) is 9.49. The van der Waals surface area contributed by atoms with Gasteiger partial charge in [-0.3, -0.25) is 14.6 Å². The first-order valence-corrected chi connectivity index (χ1v) is 6.18. The van der Waals surface area contributed by atoms with E-state index in [-0.39, 0.29) is 17.0 Å². The summed E-state index contributed by atoms with van der Waals surface area (Å²) in [6.45, 7) is 3.92. The summed E-state index contributed by atoms with van der Waals surface area (Å²) in [7, 11) is 0. The molecule has 0 amide bonds. The van der Waals surface area contributed by atoms with Gasteiger partial charge in [-0.1, -0.05) is 44.2 Å². The first-order chi connectivity index (χ1) is 8.46. The van der Waals surface area contributed by atoms with Crippen molar-refractivity contribution in [3.8, 4) is 0 Å². The molecule has 0 radical (unpaired) electrons. The van der Waals surface area contributed by atoms with Crippen molar-refractivity contribution in [3.05, 3.63) is 35.9 Å². The fourth-order valence-corrected chi connectivity index (χ4v) is 2.74. The van der Waals surface area contributed by atoms with E-state index in [1.165, 1.54) is 0 Å². The van der Waals surface area contributed by atoms with Gasteiger partial charge in [-0.05, 0) is 11.0 Å². The summed E-state index contributed by atoms with van der Waals surface area (Å²) < 4.78 is 0. The molecule has 2 aliphatic rings. The molecular weight excluding hydrogens is 226 g/mol. The molecule has 3 heteroatoms. The highest BCUT2D eigenvalue weighted by molar-refractivity contribution is 6.44. The lowest BCUT2D eigenvalue weighted by atomic mass is 9.69. The Morgan fingerprint density at radius 3 is 2.11 bits per heavy atom. The summed E-state index contributed by atoms with van der Waals surface area (Å²) in [5, 5.41) is 0. The number of rotatable bonds is 1. The van der Waals surface area contributed by atoms with Crippen LogP contribution >= 0.6 is 0 Å². The van der Waals surface area contributed by atoms with Crippen LogP contribution in [0.2, 0.25) is 0 Å². The van der Waals surface area contributed by atoms with Gasteiger partial charge in [0, 0.05) is 12.8 Å². The second-order valence-electron chi connectivity index (χ2n) is 5.90. The number of nitrogens with zero attached hydrogens (tertiary/aromatic N) is 1. The molecule has 0 N–H and O–H groups in total. The Morgan fingerprint density at radius 2 is 1.56 bits per heavy atom. The molecule has 0 saturated heterocycles. The van der Waals surface area contributed by atoms with Crippen LogP contribution in [-0.2, 0) is 9.59 Å². The zero-order valence-corrected chi connectivity index (χ0v) is 10.6. The molecule has 1 aromatic rings. The van der Waals surface area contributed by atoms with Gasteiger partial charge in [0.25, 0.3) is 0 Å². The predicted molar refractivity (Wildman–Crippen MR) is 68.7 cm³/mol. The molecule has 92 valence electrons. The van der Waals surface area contributed by atoms with Crippen LogP contribution in [0, 0.1) is 5.41 Å². The Balaban J connectivity index is 1.92. The minimum atomic E-state index is -1.11. The zero-order chi connectivity index (χ0) is 13.0. The molecule has 1 spiro atoms. The molecule has 1 aliphatic carbocycles. The maximum Gasteiger partial charge on any atom is 0.218 e. The van der Waals surface area contributed by atoms with E-state index in [4.69, 9.17) is 0 Å². The Hall–Kier alpha value is -1.77. The van der Waals surface area contributed by atoms with Crippen molar-refractivity contribution in [1.29, 1.82) is 0 Å². The van der Waals surface area contributed by atoms with E-state index in [1.807, 2.05) is 44.2 Å². The smallest absolute Gasteiger partial charge is 0.218 e. The molecule has 1 saturated carbocycles. The molecule has 3 nitrogen and oxygen atoms in total. The quantitative estimate of drug-likeness (QED) is 0.707. The van der Waals surface area contributed by atoms with E-state index in [1.54, 1.807) is 0 Å². The number of aliphatic imine (C=N–C) groups is 1. The Bertz CT molecular complexity index is 549. The number of carbonyl (C=O) groups is 2. The normalized spacial score (nSPS) is 24.0. The van der Waals surface area contributed by atoms with Crippen LogP contribution in [0.1, 0.15) is 32.3 Å². The van der Waals surface area contributed by atoms with Crippen LogP contribution in [0.4, 0.5) is 0 Å². The van der Waals surface area contributed by atoms with Gasteiger partial charge >= 0.3 is 0 Å². The third-order valence-corrected chi connectivity index (χ3v) is 3.70. The van der Waals surface area contributed by atoms with Crippen LogP contribution in [0.15, 0.2) is 35.3 Å². The fraction of sp³-hybridized carbons (Fsp3) is 0.400. The van der Waals surface area contributed by atoms with E-state index in [9.17, 15) is 9.59 Å². The van der Waals surface area contributed by atoms with Crippen LogP contribution in [0.5, 0.6) is 0 Å². The number of ketones is 2. The topological polar surface area (TPSA) is 46.5 Å². The average Bonchev–Trinajstić information content (AvgIpc) is 3.03. The number of carbonyl (C=O) groups excluding carboxylic acids is 2. The lowest BCUT2D eigenvalue weighted by Crippen LogP contribution is -2.48. The molecular formula is C15H15NO2. The number of hydrogen-bond acceptors (Lipinski definition) is 3. The van der Waals surface area contributed by atoms with Crippen molar-refractivity contribution < 1.29 is 9.59 Å². The van der Waals surface area contributed by atoms with Gasteiger partial charge in [0.1, 0.15) is 0 Å². The minimum Gasteiger partial charge on any atom is -0.296 e. The lowest BCUT2D eigenvalue weighted by molar-refractivity contribution is -0.136. The van der Waals surface area contributed by atoms with Gasteiger partial charge in [0.15, 0.2) is 11.6 Å². The first kappa shape index (κ1) is 11.3. The fourth-order valence-electron chi connectivity index (χ4n) is 2.74. The van der Waals surface area contributed by atoms with E-state index < -0.39 is 5.54 Å². The number of benzene rings is 1. The van der Waals surface area contributed by atoms with Gasteiger partial charge in [0.05, 0.1) is 5.71 Å². The minimum absolute atomic E-state index is 0.0393. The zero-order valence-electron chi connectivity index (χ0n) is 10.6. The van der Waals surface area contributed by atoms with Gasteiger partial charge < -0.3 is 0 Å². The molecule has 1 fully saturated rings. The molecule has 0 unspecified atom stereocenters. The highest BCUT2D eigenvalue weighted by Crippen LogP contribution is 2.45. The highest BCUT2D eigenvalue weighted by Gasteiger charge is 2.63. The van der Waals surface area contributed by atoms with E-state index >= 15 is 0 Å². The van der Waals surface area contributed by atoms with Crippen LogP contribution in [-0.4, -0.2) is 22.8 Å². The van der Waals surface area contributed by atoms with Gasteiger partial charge in [0.2, 0.25) is 5.54 Å². The van der Waals surface area contributed by atoms with Crippen molar-refractivity contribution >= 4 is 17.3 Å². The Kier molecular flexibility index (Phi) is 2.12. The monoisotopic (exact) mass is 241 g/mol. The van der Waals surface area contributed by atoms with Crippen molar-refractivity contribution in [3.63, 3.8) is 0 Å². The van der Waals surface area contributed by atoms with Crippen molar-refractivity contribution in [2.75, 3.05) is 0 Å². The van der Waals surface area contributed by atoms with Crippen molar-refractivity contribution in [1.82, 2.24) is 0 Å². The van der Waals surface area contributed by atoms with E-state index in [2.05, 4.69) is 4.99 Å². The third kappa shape index (κ3) is 1.47. The highest BCUT2D eigenvalue weighted by atomic mass is 16.2. The van der Waals surface area contributed by atoms with Gasteiger partial charge in [-0.25, -0.2) is 0 Å². The Labute approximate surface area is 106 Å². The van der Waals surface area contributed by atoms with Gasteiger partial charge in [-0.15, -0.1) is 0 Å². The summed E-state index contributed by atoms with van der Waals surface area (Å²) in [4.78, 5) is 28.8. The maximum atomic E-state index is 12.3. The second-order valence-corrected chi connectivity index (χ2v) is 5.90. The van der Waals surface area contributed by atoms with E-state index in [0.29, 0.717) is 18.6 Å². The van der Waals surface area contributed by atoms with Crippen molar-refractivity contribution in [2.45, 2.75) is 32.2 Å². The molecule has 0 aromatic heterocycles. The van der Waals surface area contributed by atoms with Crippen molar-refractivity contribution in [2.24, 2.45) is 10.4 Å². The van der Waals surface area contributed by atoms with Gasteiger partial charge in [-0.2, -0.15) is 0 Å². The first-order valence-electron chi connectivity index (χ1n) is 6.18. The SMILES string of the molecule is CC1(C)CC(=O)C2(N=C2c2ccccc2)C(=O)C1. The third-order valence-electron chi connectivity index (χ3n) is 3.70. The lowest BCUT2D eigenvalue weighted by Gasteiger charge is -2.31. The molecule has 18 heavy (non-hydrogen) atoms. The molecule has 1 heterocycles. The number of Topliss-reactive ketones (excluding diaryl/α,β-unsaturated/α-hetero) is 2. The summed E-state index contributed by atoms with van der Waals surface area (Å²) in [5.41, 5.74) is 0.212. The number of hydrogen-bond donors (Lipinski definition) is 0. The molecule has 1 aromatic carbocycles. The van der Waals surface area contributed by atoms with Crippen LogP contribution in [0.3, 0.4) is 0 Å². The largest absolute Gasteiger partial charge is 0.296 e. The molecule has 3 rings (SSSR count). The van der Waals surface area contributed by atoms with E-state index in [0.717, 1.165) is 5.56 Å². The summed E-state index contributed by atoms with van der Waals surface area (Å²) >= 11 is 0. The maximum absolute atomic E-state index is 12.3. The molecule has 0 atom stereocenters. The van der Waals surface area contributed by atoms with Crippen LogP contribution < -0.4 is 0 Å². The molecule has 0 bridgehead atoms. The van der Waals surface area contributed by atoms with Crippen LogP contribution in [0.25, 0.3) is 0 Å². The molecule has 1 aliphatic heterocycles. The predicted octanol–water partition coefficient (Wildman–Crippen LogP) is 2.19. The summed E-state index contributed by atoms with van der Waals surface area (Å²) in [6.07, 6.45) is 0.858. The second kappa shape index (κ2) is 3.37. The Morgan fingerprint density at radius 1 is 1.00 bits per heavy atom. The average molecular weight is 241 g/mol. The standard InChI is InChI=1S/C15H15NO2/c1-14(2)8-11(17)15(12(18)9-14)13(16-15)10-6-4-3-5-7-10/h3-7H,8-9H2,1-2H3. The summed E-state index contributed by atoms with van der Waals surface area (Å²) in [5.74, 6) is -0.0785.